The summed E-state index contributed by atoms with van der Waals surface area (Å²) < 4.78 is 31.9. The minimum atomic E-state index is -0.966. The predicted octanol–water partition coefficient (Wildman–Crippen LogP) is 4.83. The number of hydrogen-bond donors (Lipinski definition) is 1. The monoisotopic (exact) mass is 443 g/mol. The van der Waals surface area contributed by atoms with Gasteiger partial charge in [-0.15, -0.1) is 11.3 Å². The second-order valence-electron chi connectivity index (χ2n) is 7.05. The lowest BCUT2D eigenvalue weighted by atomic mass is 10.2. The standard InChI is InChI=1S/C22H19F2N3O3S/c23-16-9-8-15(11-17(16)24)18-13-31-21(25-18)26-20(28)19-7-4-10-27(19)22(29)30-12-14-5-2-1-3-6-14/h1-3,5-6,8-9,11,13,19H,4,7,10,12H2,(H,25,26,28)/t19-/m0/s1. The minimum absolute atomic E-state index is 0.134. The van der Waals surface area contributed by atoms with Crippen LogP contribution in [0, 0.1) is 11.6 Å². The number of thiazole rings is 1. The summed E-state index contributed by atoms with van der Waals surface area (Å²) in [5, 5.41) is 4.67. The predicted molar refractivity (Wildman–Crippen MR) is 112 cm³/mol. The van der Waals surface area contributed by atoms with Crippen molar-refractivity contribution in [3.63, 3.8) is 0 Å². The number of nitrogens with zero attached hydrogens (tertiary/aromatic N) is 2. The fourth-order valence-electron chi connectivity index (χ4n) is 3.37. The number of carbonyl (C=O) groups excluding carboxylic acids is 2. The molecule has 4 rings (SSSR count). The average molecular weight is 443 g/mol. The Morgan fingerprint density at radius 2 is 1.97 bits per heavy atom. The number of benzene rings is 2. The molecule has 6 nitrogen and oxygen atoms in total. The third-order valence-corrected chi connectivity index (χ3v) is 5.70. The Hall–Kier alpha value is -3.33. The quantitative estimate of drug-likeness (QED) is 0.613. The van der Waals surface area contributed by atoms with Gasteiger partial charge in [-0.1, -0.05) is 30.3 Å². The minimum Gasteiger partial charge on any atom is -0.445 e. The highest BCUT2D eigenvalue weighted by molar-refractivity contribution is 7.14. The zero-order valence-electron chi connectivity index (χ0n) is 16.4. The number of likely N-dealkylation sites (tertiary alicyclic amines) is 1. The molecule has 0 bridgehead atoms. The first kappa shape index (κ1) is 20.9. The zero-order chi connectivity index (χ0) is 21.8. The molecule has 0 radical (unpaired) electrons. The van der Waals surface area contributed by atoms with Crippen LogP contribution in [0.5, 0.6) is 0 Å². The molecule has 2 aromatic carbocycles. The summed E-state index contributed by atoms with van der Waals surface area (Å²) in [4.78, 5) is 30.9. The number of carbonyl (C=O) groups is 2. The normalized spacial score (nSPS) is 15.7. The summed E-state index contributed by atoms with van der Waals surface area (Å²) in [5.74, 6) is -2.26. The summed E-state index contributed by atoms with van der Waals surface area (Å²) in [6, 6.07) is 12.2. The number of halogens is 2. The molecule has 2 heterocycles. The zero-order valence-corrected chi connectivity index (χ0v) is 17.2. The first-order chi connectivity index (χ1) is 15.0. The van der Waals surface area contributed by atoms with Crippen molar-refractivity contribution in [1.29, 1.82) is 0 Å². The van der Waals surface area contributed by atoms with Crippen molar-refractivity contribution in [1.82, 2.24) is 9.88 Å². The lowest BCUT2D eigenvalue weighted by molar-refractivity contribution is -0.120. The summed E-state index contributed by atoms with van der Waals surface area (Å²) in [6.45, 7) is 0.568. The molecule has 0 saturated carbocycles. The number of ether oxygens (including phenoxy) is 1. The van der Waals surface area contributed by atoms with Gasteiger partial charge >= 0.3 is 6.09 Å². The fourth-order valence-corrected chi connectivity index (χ4v) is 4.09. The molecule has 160 valence electrons. The Bertz CT molecular complexity index is 1090. The molecule has 1 aliphatic rings. The molecular weight excluding hydrogens is 424 g/mol. The van der Waals surface area contributed by atoms with Crippen molar-refractivity contribution in [2.24, 2.45) is 0 Å². The number of anilines is 1. The van der Waals surface area contributed by atoms with Crippen molar-refractivity contribution < 1.29 is 23.1 Å². The van der Waals surface area contributed by atoms with E-state index in [0.717, 1.165) is 29.0 Å². The number of hydrogen-bond acceptors (Lipinski definition) is 5. The topological polar surface area (TPSA) is 71.5 Å². The van der Waals surface area contributed by atoms with Crippen molar-refractivity contribution >= 4 is 28.5 Å². The largest absolute Gasteiger partial charge is 0.445 e. The second-order valence-corrected chi connectivity index (χ2v) is 7.91. The van der Waals surface area contributed by atoms with E-state index in [0.29, 0.717) is 35.8 Å². The third-order valence-electron chi connectivity index (χ3n) is 4.94. The van der Waals surface area contributed by atoms with Gasteiger partial charge in [0.15, 0.2) is 16.8 Å². The maximum atomic E-state index is 13.5. The van der Waals surface area contributed by atoms with E-state index >= 15 is 0 Å². The molecule has 1 N–H and O–H groups in total. The van der Waals surface area contributed by atoms with Gasteiger partial charge in [0.25, 0.3) is 0 Å². The van der Waals surface area contributed by atoms with Gasteiger partial charge in [0.1, 0.15) is 12.6 Å². The summed E-state index contributed by atoms with van der Waals surface area (Å²) in [7, 11) is 0. The van der Waals surface area contributed by atoms with Gasteiger partial charge in [-0.25, -0.2) is 18.6 Å². The third kappa shape index (κ3) is 4.88. The Morgan fingerprint density at radius 3 is 2.74 bits per heavy atom. The van der Waals surface area contributed by atoms with E-state index in [4.69, 9.17) is 4.74 Å². The van der Waals surface area contributed by atoms with E-state index in [2.05, 4.69) is 10.3 Å². The van der Waals surface area contributed by atoms with E-state index < -0.39 is 23.8 Å². The van der Waals surface area contributed by atoms with Crippen LogP contribution in [0.4, 0.5) is 18.7 Å². The molecule has 1 aliphatic heterocycles. The Labute approximate surface area is 181 Å². The van der Waals surface area contributed by atoms with Crippen LogP contribution in [-0.4, -0.2) is 34.5 Å². The molecule has 3 aromatic rings. The lowest BCUT2D eigenvalue weighted by Gasteiger charge is -2.22. The molecule has 0 spiro atoms. The molecule has 1 aromatic heterocycles. The first-order valence-electron chi connectivity index (χ1n) is 9.70. The van der Waals surface area contributed by atoms with E-state index in [1.54, 1.807) is 5.38 Å². The Morgan fingerprint density at radius 1 is 1.16 bits per heavy atom. The first-order valence-corrected chi connectivity index (χ1v) is 10.6. The smallest absolute Gasteiger partial charge is 0.410 e. The van der Waals surface area contributed by atoms with Crippen LogP contribution in [0.3, 0.4) is 0 Å². The lowest BCUT2D eigenvalue weighted by Crippen LogP contribution is -2.43. The number of aromatic nitrogens is 1. The molecule has 0 unspecified atom stereocenters. The number of amides is 2. The highest BCUT2D eigenvalue weighted by atomic mass is 32.1. The van der Waals surface area contributed by atoms with E-state index in [1.165, 1.54) is 11.0 Å². The summed E-state index contributed by atoms with van der Waals surface area (Å²) in [5.41, 5.74) is 1.69. The van der Waals surface area contributed by atoms with Crippen LogP contribution in [0.15, 0.2) is 53.9 Å². The van der Waals surface area contributed by atoms with Crippen LogP contribution in [0.25, 0.3) is 11.3 Å². The van der Waals surface area contributed by atoms with Crippen LogP contribution in [0.2, 0.25) is 0 Å². The molecule has 1 saturated heterocycles. The van der Waals surface area contributed by atoms with Gasteiger partial charge in [0.2, 0.25) is 5.91 Å². The van der Waals surface area contributed by atoms with Crippen LogP contribution >= 0.6 is 11.3 Å². The van der Waals surface area contributed by atoms with E-state index in [1.807, 2.05) is 30.3 Å². The molecule has 9 heteroatoms. The SMILES string of the molecule is O=C(Nc1nc(-c2ccc(F)c(F)c2)cs1)[C@@H]1CCCN1C(=O)OCc1ccccc1. The Balaban J connectivity index is 1.38. The van der Waals surface area contributed by atoms with Gasteiger partial charge < -0.3 is 10.1 Å². The van der Waals surface area contributed by atoms with Crippen molar-refractivity contribution in [2.45, 2.75) is 25.5 Å². The maximum Gasteiger partial charge on any atom is 0.410 e. The van der Waals surface area contributed by atoms with Crippen molar-refractivity contribution in [3.05, 3.63) is 71.1 Å². The second kappa shape index (κ2) is 9.22. The van der Waals surface area contributed by atoms with Crippen LogP contribution < -0.4 is 5.32 Å². The van der Waals surface area contributed by atoms with Crippen molar-refractivity contribution in [3.8, 4) is 11.3 Å². The van der Waals surface area contributed by atoms with Gasteiger partial charge in [-0.2, -0.15) is 0 Å². The molecule has 1 atom stereocenters. The van der Waals surface area contributed by atoms with Gasteiger partial charge in [0, 0.05) is 17.5 Å². The molecule has 1 fully saturated rings. The average Bonchev–Trinajstić information content (AvgIpc) is 3.45. The molecule has 31 heavy (non-hydrogen) atoms. The summed E-state index contributed by atoms with van der Waals surface area (Å²) in [6.07, 6.45) is 0.674. The van der Waals surface area contributed by atoms with Gasteiger partial charge in [0.05, 0.1) is 5.69 Å². The molecular formula is C22H19F2N3O3S. The van der Waals surface area contributed by atoms with E-state index in [9.17, 15) is 18.4 Å². The molecule has 0 aliphatic carbocycles. The highest BCUT2D eigenvalue weighted by Gasteiger charge is 2.35. The number of nitrogens with one attached hydrogen (secondary N) is 1. The van der Waals surface area contributed by atoms with Crippen LogP contribution in [0.1, 0.15) is 18.4 Å². The van der Waals surface area contributed by atoms with E-state index in [-0.39, 0.29) is 12.5 Å². The Kier molecular flexibility index (Phi) is 6.22. The van der Waals surface area contributed by atoms with Crippen molar-refractivity contribution in [2.75, 3.05) is 11.9 Å². The summed E-state index contributed by atoms with van der Waals surface area (Å²) >= 11 is 1.16. The van der Waals surface area contributed by atoms with Gasteiger partial charge in [-0.3, -0.25) is 9.69 Å². The number of rotatable bonds is 5. The van der Waals surface area contributed by atoms with Gasteiger partial charge in [-0.05, 0) is 36.6 Å². The maximum absolute atomic E-state index is 13.5. The van der Waals surface area contributed by atoms with Crippen LogP contribution in [-0.2, 0) is 16.1 Å². The fraction of sp³-hybridized carbons (Fsp3) is 0.227. The molecule has 2 amide bonds. The highest BCUT2D eigenvalue weighted by Crippen LogP contribution is 2.27.